The van der Waals surface area contributed by atoms with E-state index in [2.05, 4.69) is 25.9 Å². The summed E-state index contributed by atoms with van der Waals surface area (Å²) in [5.41, 5.74) is 3.01. The minimum atomic E-state index is -3.63. The lowest BCUT2D eigenvalue weighted by Gasteiger charge is -2.05. The van der Waals surface area contributed by atoms with Crippen LogP contribution in [-0.4, -0.2) is 20.0 Å². The molecule has 2 aromatic carbocycles. The highest BCUT2D eigenvalue weighted by molar-refractivity contribution is 9.09. The third kappa shape index (κ3) is 4.42. The van der Waals surface area contributed by atoms with E-state index in [1.807, 2.05) is 31.2 Å². The van der Waals surface area contributed by atoms with Gasteiger partial charge in [0.1, 0.15) is 0 Å². The number of nitrogens with one attached hydrogen (secondary N) is 1. The van der Waals surface area contributed by atoms with Crippen LogP contribution in [0.25, 0.3) is 0 Å². The molecular weight excluding hydrogens is 364 g/mol. The van der Waals surface area contributed by atoms with Gasteiger partial charge in [0, 0.05) is 5.33 Å². The Kier molecular flexibility index (Phi) is 5.74. The molecule has 0 bridgehead atoms. The first kappa shape index (κ1) is 16.7. The number of hydrazone groups is 1. The van der Waals surface area contributed by atoms with Gasteiger partial charge in [-0.15, -0.1) is 0 Å². The Morgan fingerprint density at radius 2 is 1.82 bits per heavy atom. The fraction of sp³-hybridized carbons (Fsp3) is 0.188. The molecule has 1 N–H and O–H groups in total. The number of rotatable bonds is 6. The monoisotopic (exact) mass is 380 g/mol. The van der Waals surface area contributed by atoms with Gasteiger partial charge in [-0.25, -0.2) is 4.83 Å². The minimum Gasteiger partial charge on any atom is -0.200 e. The molecule has 0 atom stereocenters. The van der Waals surface area contributed by atoms with Gasteiger partial charge in [0.2, 0.25) is 0 Å². The van der Waals surface area contributed by atoms with E-state index in [-0.39, 0.29) is 4.90 Å². The van der Waals surface area contributed by atoms with Crippen LogP contribution < -0.4 is 4.83 Å². The Labute approximate surface area is 139 Å². The topological polar surface area (TPSA) is 58.5 Å². The van der Waals surface area contributed by atoms with E-state index in [9.17, 15) is 8.42 Å². The quantitative estimate of drug-likeness (QED) is 0.475. The fourth-order valence-corrected chi connectivity index (χ4v) is 3.14. The van der Waals surface area contributed by atoms with Crippen LogP contribution in [-0.2, 0) is 16.4 Å². The summed E-state index contributed by atoms with van der Waals surface area (Å²) in [5, 5.41) is 4.72. The van der Waals surface area contributed by atoms with Crippen molar-refractivity contribution >= 4 is 32.2 Å². The molecule has 4 nitrogen and oxygen atoms in total. The largest absolute Gasteiger partial charge is 0.276 e. The van der Waals surface area contributed by atoms with Gasteiger partial charge in [-0.05, 0) is 36.6 Å². The summed E-state index contributed by atoms with van der Waals surface area (Å²) in [6.45, 7) is 1.91. The zero-order valence-electron chi connectivity index (χ0n) is 12.2. The van der Waals surface area contributed by atoms with E-state index < -0.39 is 10.0 Å². The van der Waals surface area contributed by atoms with Crippen molar-refractivity contribution in [2.75, 3.05) is 5.33 Å². The van der Waals surface area contributed by atoms with Crippen molar-refractivity contribution in [1.29, 1.82) is 0 Å². The van der Waals surface area contributed by atoms with Gasteiger partial charge >= 0.3 is 0 Å². The fourth-order valence-electron chi connectivity index (χ4n) is 1.93. The normalized spacial score (nSPS) is 11.7. The molecule has 2 aromatic rings. The molecule has 0 aliphatic carbocycles. The first-order valence-electron chi connectivity index (χ1n) is 6.78. The number of nitrogens with zero attached hydrogens (tertiary/aromatic N) is 1. The first-order valence-corrected chi connectivity index (χ1v) is 9.39. The highest BCUT2D eigenvalue weighted by Gasteiger charge is 2.11. The standard InChI is InChI=1S/C16H17BrN2O2S/c1-13-6-8-16(9-7-13)22(20,21)19-18-12-15-5-3-2-4-14(15)10-11-17/h2-9,12,19H,10-11H2,1H3/b18-12+. The van der Waals surface area contributed by atoms with E-state index in [0.717, 1.165) is 28.4 Å². The summed E-state index contributed by atoms with van der Waals surface area (Å²) in [6, 6.07) is 14.4. The van der Waals surface area contributed by atoms with Crippen LogP contribution >= 0.6 is 15.9 Å². The number of hydrogen-bond donors (Lipinski definition) is 1. The molecule has 0 unspecified atom stereocenters. The minimum absolute atomic E-state index is 0.198. The second-order valence-electron chi connectivity index (χ2n) is 4.80. The zero-order valence-corrected chi connectivity index (χ0v) is 14.6. The maximum Gasteiger partial charge on any atom is 0.276 e. The van der Waals surface area contributed by atoms with Crippen molar-refractivity contribution in [2.24, 2.45) is 5.10 Å². The highest BCUT2D eigenvalue weighted by atomic mass is 79.9. The van der Waals surface area contributed by atoms with E-state index in [1.165, 1.54) is 6.21 Å². The Morgan fingerprint density at radius 1 is 1.14 bits per heavy atom. The Hall–Kier alpha value is -1.66. The molecular formula is C16H17BrN2O2S. The van der Waals surface area contributed by atoms with Crippen LogP contribution in [0.3, 0.4) is 0 Å². The third-order valence-electron chi connectivity index (χ3n) is 3.13. The highest BCUT2D eigenvalue weighted by Crippen LogP contribution is 2.11. The van der Waals surface area contributed by atoms with Crippen molar-refractivity contribution in [2.45, 2.75) is 18.2 Å². The summed E-state index contributed by atoms with van der Waals surface area (Å²) in [5.74, 6) is 0. The van der Waals surface area contributed by atoms with Gasteiger partial charge < -0.3 is 0 Å². The smallest absolute Gasteiger partial charge is 0.200 e. The molecule has 2 rings (SSSR count). The van der Waals surface area contributed by atoms with Crippen molar-refractivity contribution in [1.82, 2.24) is 4.83 Å². The van der Waals surface area contributed by atoms with Crippen LogP contribution in [0.5, 0.6) is 0 Å². The van der Waals surface area contributed by atoms with Gasteiger partial charge in [-0.3, -0.25) is 0 Å². The van der Waals surface area contributed by atoms with Gasteiger partial charge in [-0.1, -0.05) is 57.9 Å². The van der Waals surface area contributed by atoms with Crippen LogP contribution in [0.15, 0.2) is 58.5 Å². The van der Waals surface area contributed by atoms with Crippen LogP contribution in [0, 0.1) is 6.92 Å². The second kappa shape index (κ2) is 7.56. The molecule has 0 aliphatic rings. The average Bonchev–Trinajstić information content (AvgIpc) is 2.49. The zero-order chi connectivity index (χ0) is 16.0. The number of hydrogen-bond acceptors (Lipinski definition) is 3. The predicted molar refractivity (Wildman–Crippen MR) is 93.0 cm³/mol. The number of halogens is 1. The SMILES string of the molecule is Cc1ccc(S(=O)(=O)N/N=C/c2ccccc2CCBr)cc1. The van der Waals surface area contributed by atoms with Crippen molar-refractivity contribution in [3.63, 3.8) is 0 Å². The lowest BCUT2D eigenvalue weighted by atomic mass is 10.1. The summed E-state index contributed by atoms with van der Waals surface area (Å²) >= 11 is 3.40. The Morgan fingerprint density at radius 3 is 2.50 bits per heavy atom. The molecule has 0 radical (unpaired) electrons. The summed E-state index contributed by atoms with van der Waals surface area (Å²) < 4.78 is 24.2. The van der Waals surface area contributed by atoms with E-state index in [4.69, 9.17) is 0 Å². The van der Waals surface area contributed by atoms with E-state index in [0.29, 0.717) is 0 Å². The maximum absolute atomic E-state index is 12.1. The Bertz CT molecular complexity index is 756. The van der Waals surface area contributed by atoms with Crippen molar-refractivity contribution in [3.05, 3.63) is 65.2 Å². The van der Waals surface area contributed by atoms with Gasteiger partial charge in [-0.2, -0.15) is 13.5 Å². The van der Waals surface area contributed by atoms with E-state index in [1.54, 1.807) is 24.3 Å². The number of sulfonamides is 1. The summed E-state index contributed by atoms with van der Waals surface area (Å²) in [6.07, 6.45) is 2.39. The van der Waals surface area contributed by atoms with Gasteiger partial charge in [0.25, 0.3) is 10.0 Å². The number of aryl methyl sites for hydroxylation is 2. The molecule has 0 fully saturated rings. The summed E-state index contributed by atoms with van der Waals surface area (Å²) in [7, 11) is -3.63. The first-order chi connectivity index (χ1) is 10.5. The Balaban J connectivity index is 2.13. The molecule has 0 heterocycles. The molecule has 0 saturated carbocycles. The average molecular weight is 381 g/mol. The van der Waals surface area contributed by atoms with Gasteiger partial charge in [0.05, 0.1) is 11.1 Å². The van der Waals surface area contributed by atoms with Crippen molar-refractivity contribution in [3.8, 4) is 0 Å². The van der Waals surface area contributed by atoms with Crippen LogP contribution in [0.1, 0.15) is 16.7 Å². The molecule has 22 heavy (non-hydrogen) atoms. The molecule has 0 spiro atoms. The number of benzene rings is 2. The number of alkyl halides is 1. The lowest BCUT2D eigenvalue weighted by Crippen LogP contribution is -2.18. The van der Waals surface area contributed by atoms with Gasteiger partial charge in [0.15, 0.2) is 0 Å². The molecule has 0 aliphatic heterocycles. The van der Waals surface area contributed by atoms with E-state index >= 15 is 0 Å². The molecule has 0 amide bonds. The summed E-state index contributed by atoms with van der Waals surface area (Å²) in [4.78, 5) is 2.44. The van der Waals surface area contributed by atoms with Crippen molar-refractivity contribution < 1.29 is 8.42 Å². The molecule has 0 saturated heterocycles. The molecule has 0 aromatic heterocycles. The second-order valence-corrected chi connectivity index (χ2v) is 7.26. The molecule has 6 heteroatoms. The molecule has 116 valence electrons. The van der Waals surface area contributed by atoms with Crippen LogP contribution in [0.4, 0.5) is 0 Å². The lowest BCUT2D eigenvalue weighted by molar-refractivity contribution is 0.584. The predicted octanol–water partition coefficient (Wildman–Crippen LogP) is 3.24. The maximum atomic E-state index is 12.1. The third-order valence-corrected chi connectivity index (χ3v) is 4.76. The van der Waals surface area contributed by atoms with Crippen LogP contribution in [0.2, 0.25) is 0 Å².